The Balaban J connectivity index is 1.32. The van der Waals surface area contributed by atoms with Crippen molar-refractivity contribution in [1.82, 2.24) is 19.5 Å². The van der Waals surface area contributed by atoms with Crippen LogP contribution in [0.25, 0.3) is 11.2 Å². The summed E-state index contributed by atoms with van der Waals surface area (Å²) in [5.41, 5.74) is 10.3. The first-order valence-corrected chi connectivity index (χ1v) is 13.9. The largest absolute Gasteiger partial charge is 0.374 e. The molecule has 9 nitrogen and oxygen atoms in total. The van der Waals surface area contributed by atoms with E-state index in [1.807, 2.05) is 95.6 Å². The quantitative estimate of drug-likeness (QED) is 0.205. The molecule has 0 saturated carbocycles. The number of ether oxygens (including phenoxy) is 4. The Labute approximate surface area is 242 Å². The van der Waals surface area contributed by atoms with Crippen LogP contribution in [0.2, 0.25) is 0 Å². The molecule has 0 unspecified atom stereocenters. The highest BCUT2D eigenvalue weighted by Gasteiger charge is 2.48. The zero-order chi connectivity index (χ0) is 28.0. The van der Waals surface area contributed by atoms with Gasteiger partial charge in [-0.1, -0.05) is 103 Å². The SMILES string of the molecule is Nc1nc(=S)c2ncn([C@@H]3O[C@H](COCc4ccccc4)[C@@H](OCc4ccccc4)[C@@H]3OCc3ccccc3)c2[nH]1. The summed E-state index contributed by atoms with van der Waals surface area (Å²) in [6.45, 7) is 1.53. The first-order valence-electron chi connectivity index (χ1n) is 13.5. The number of fused-ring (bicyclic) bond motifs is 1. The number of aromatic nitrogens is 4. The standard InChI is InChI=1S/C31H31N5O4S/c32-31-34-28-25(29(41)35-31)33-20-36(28)30-27(39-18-23-14-8-3-9-15-23)26(38-17-22-12-6-2-7-13-22)24(40-30)19-37-16-21-10-4-1-5-11-21/h1-15,20,24,26-27,30H,16-19H2,(H3,32,34,35,41)/t24-,26-,27+,30-/m1/s1. The van der Waals surface area contributed by atoms with E-state index in [9.17, 15) is 0 Å². The minimum atomic E-state index is -0.595. The van der Waals surface area contributed by atoms with E-state index in [1.165, 1.54) is 0 Å². The van der Waals surface area contributed by atoms with Crippen LogP contribution in [0.4, 0.5) is 5.95 Å². The summed E-state index contributed by atoms with van der Waals surface area (Å²) in [5, 5.41) is 0. The van der Waals surface area contributed by atoms with Gasteiger partial charge in [0.05, 0.1) is 32.8 Å². The number of rotatable bonds is 11. The number of benzene rings is 3. The zero-order valence-corrected chi connectivity index (χ0v) is 23.2. The summed E-state index contributed by atoms with van der Waals surface area (Å²) in [7, 11) is 0. The van der Waals surface area contributed by atoms with Gasteiger partial charge in [0.2, 0.25) is 0 Å². The molecule has 1 fully saturated rings. The van der Waals surface area contributed by atoms with Crippen LogP contribution >= 0.6 is 12.2 Å². The zero-order valence-electron chi connectivity index (χ0n) is 22.3. The summed E-state index contributed by atoms with van der Waals surface area (Å²) < 4.78 is 28.1. The number of nitrogens with one attached hydrogen (secondary N) is 1. The van der Waals surface area contributed by atoms with Crippen LogP contribution in [0.3, 0.4) is 0 Å². The number of H-pyrrole nitrogens is 1. The second kappa shape index (κ2) is 12.7. The van der Waals surface area contributed by atoms with E-state index in [4.69, 9.17) is 36.9 Å². The van der Waals surface area contributed by atoms with Gasteiger partial charge in [-0.15, -0.1) is 0 Å². The number of hydrogen-bond acceptors (Lipinski definition) is 8. The van der Waals surface area contributed by atoms with Crippen molar-refractivity contribution < 1.29 is 18.9 Å². The summed E-state index contributed by atoms with van der Waals surface area (Å²) in [4.78, 5) is 11.7. The third-order valence-corrected chi connectivity index (χ3v) is 7.27. The van der Waals surface area contributed by atoms with Crippen molar-refractivity contribution in [2.24, 2.45) is 0 Å². The highest BCUT2D eigenvalue weighted by atomic mass is 32.1. The van der Waals surface area contributed by atoms with Crippen LogP contribution in [0.5, 0.6) is 0 Å². The fourth-order valence-electron chi connectivity index (χ4n) is 4.99. The van der Waals surface area contributed by atoms with Crippen molar-refractivity contribution in [2.45, 2.75) is 44.4 Å². The molecule has 0 radical (unpaired) electrons. The fraction of sp³-hybridized carbons (Fsp3) is 0.258. The van der Waals surface area contributed by atoms with Gasteiger partial charge in [0.25, 0.3) is 0 Å². The van der Waals surface area contributed by atoms with E-state index in [-0.39, 0.29) is 5.95 Å². The molecule has 1 saturated heterocycles. The maximum atomic E-state index is 6.67. The molecule has 3 heterocycles. The lowest BCUT2D eigenvalue weighted by atomic mass is 10.1. The van der Waals surface area contributed by atoms with Crippen LogP contribution in [-0.4, -0.2) is 44.4 Å². The van der Waals surface area contributed by atoms with Crippen molar-refractivity contribution in [3.8, 4) is 0 Å². The molecule has 0 spiro atoms. The topological polar surface area (TPSA) is 109 Å². The number of hydrogen-bond donors (Lipinski definition) is 2. The Bertz CT molecular complexity index is 1610. The van der Waals surface area contributed by atoms with Crippen LogP contribution in [-0.2, 0) is 38.8 Å². The van der Waals surface area contributed by atoms with Gasteiger partial charge in [0.15, 0.2) is 16.8 Å². The molecule has 1 aliphatic heterocycles. The van der Waals surface area contributed by atoms with Crippen LogP contribution in [0.15, 0.2) is 97.3 Å². The average Bonchev–Trinajstić information content (AvgIpc) is 3.57. The summed E-state index contributed by atoms with van der Waals surface area (Å²) in [6, 6.07) is 30.1. The van der Waals surface area contributed by atoms with Crippen LogP contribution in [0.1, 0.15) is 22.9 Å². The monoisotopic (exact) mass is 569 g/mol. The molecule has 10 heteroatoms. The van der Waals surface area contributed by atoms with E-state index in [0.29, 0.717) is 42.2 Å². The maximum absolute atomic E-state index is 6.67. The van der Waals surface area contributed by atoms with E-state index in [0.717, 1.165) is 16.7 Å². The second-order valence-electron chi connectivity index (χ2n) is 9.86. The highest BCUT2D eigenvalue weighted by Crippen LogP contribution is 2.37. The molecule has 5 aromatic rings. The summed E-state index contributed by atoms with van der Waals surface area (Å²) in [6.07, 6.45) is -0.296. The van der Waals surface area contributed by atoms with Crippen LogP contribution in [0, 0.1) is 4.64 Å². The van der Waals surface area contributed by atoms with Gasteiger partial charge in [-0.25, -0.2) is 9.97 Å². The van der Waals surface area contributed by atoms with Gasteiger partial charge >= 0.3 is 0 Å². The highest BCUT2D eigenvalue weighted by molar-refractivity contribution is 7.71. The number of nitrogens with zero attached hydrogens (tertiary/aromatic N) is 3. The molecule has 41 heavy (non-hydrogen) atoms. The molecule has 1 aliphatic rings. The molecule has 3 aromatic carbocycles. The fourth-order valence-corrected chi connectivity index (χ4v) is 5.24. The van der Waals surface area contributed by atoms with Gasteiger partial charge in [-0.05, 0) is 16.7 Å². The molecule has 4 atom stereocenters. The number of nitrogens with two attached hydrogens (primary N) is 1. The van der Waals surface area contributed by atoms with E-state index >= 15 is 0 Å². The van der Waals surface area contributed by atoms with Gasteiger partial charge < -0.3 is 29.7 Å². The second-order valence-corrected chi connectivity index (χ2v) is 10.3. The predicted molar refractivity (Wildman–Crippen MR) is 157 cm³/mol. The number of imidazole rings is 1. The molecule has 3 N–H and O–H groups in total. The number of aromatic amines is 1. The molecule has 0 bridgehead atoms. The number of anilines is 1. The molecule has 0 amide bonds. The predicted octanol–water partition coefficient (Wildman–Crippen LogP) is 5.36. The summed E-state index contributed by atoms with van der Waals surface area (Å²) in [5.74, 6) is 0.198. The average molecular weight is 570 g/mol. The first kappa shape index (κ1) is 27.3. The smallest absolute Gasteiger partial charge is 0.200 e. The van der Waals surface area contributed by atoms with Crippen molar-refractivity contribution in [3.63, 3.8) is 0 Å². The lowest BCUT2D eigenvalue weighted by molar-refractivity contribution is -0.0913. The van der Waals surface area contributed by atoms with Crippen LogP contribution < -0.4 is 5.73 Å². The Morgan fingerprint density at radius 3 is 1.98 bits per heavy atom. The molecule has 0 aliphatic carbocycles. The molecular formula is C31H31N5O4S. The molecule has 210 valence electrons. The molecular weight excluding hydrogens is 538 g/mol. The van der Waals surface area contributed by atoms with E-state index in [2.05, 4.69) is 15.0 Å². The van der Waals surface area contributed by atoms with Gasteiger partial charge in [-0.2, -0.15) is 0 Å². The lowest BCUT2D eigenvalue weighted by Crippen LogP contribution is -2.38. The Morgan fingerprint density at radius 2 is 1.37 bits per heavy atom. The third-order valence-electron chi connectivity index (χ3n) is 6.99. The molecule has 2 aromatic heterocycles. The Morgan fingerprint density at radius 1 is 0.805 bits per heavy atom. The van der Waals surface area contributed by atoms with E-state index in [1.54, 1.807) is 6.33 Å². The third kappa shape index (κ3) is 6.37. The van der Waals surface area contributed by atoms with Gasteiger partial charge in [0, 0.05) is 0 Å². The van der Waals surface area contributed by atoms with Crippen molar-refractivity contribution in [3.05, 3.63) is 119 Å². The summed E-state index contributed by atoms with van der Waals surface area (Å²) >= 11 is 5.42. The van der Waals surface area contributed by atoms with Gasteiger partial charge in [0.1, 0.15) is 29.5 Å². The van der Waals surface area contributed by atoms with Gasteiger partial charge in [-0.3, -0.25) is 4.57 Å². The van der Waals surface area contributed by atoms with E-state index < -0.39 is 24.5 Å². The number of nitrogen functional groups attached to an aromatic ring is 1. The molecule has 6 rings (SSSR count). The minimum Gasteiger partial charge on any atom is -0.374 e. The lowest BCUT2D eigenvalue weighted by Gasteiger charge is -2.25. The maximum Gasteiger partial charge on any atom is 0.200 e. The Kier molecular flexibility index (Phi) is 8.45. The normalized spacial score (nSPS) is 20.5. The Hall–Kier alpha value is -3.93. The van der Waals surface area contributed by atoms with Crippen molar-refractivity contribution in [2.75, 3.05) is 12.3 Å². The first-order chi connectivity index (χ1) is 20.2. The van der Waals surface area contributed by atoms with Crippen molar-refractivity contribution in [1.29, 1.82) is 0 Å². The minimum absolute atomic E-state index is 0.198. The van der Waals surface area contributed by atoms with Crippen molar-refractivity contribution >= 4 is 29.3 Å².